The maximum absolute atomic E-state index is 12.4. The van der Waals surface area contributed by atoms with Gasteiger partial charge in [0, 0.05) is 16.8 Å². The van der Waals surface area contributed by atoms with Gasteiger partial charge in [-0.15, -0.1) is 0 Å². The van der Waals surface area contributed by atoms with Crippen LogP contribution in [-0.4, -0.2) is 45.7 Å². The van der Waals surface area contributed by atoms with Crippen molar-refractivity contribution in [1.82, 2.24) is 0 Å². The van der Waals surface area contributed by atoms with Gasteiger partial charge in [0.1, 0.15) is 5.75 Å². The Morgan fingerprint density at radius 1 is 0.931 bits per heavy atom. The fourth-order valence-electron chi connectivity index (χ4n) is 2.51. The number of anilines is 2. The molecule has 0 fully saturated rings. The number of hydrogen-bond acceptors (Lipinski definition) is 7. The average molecular weight is 421 g/mol. The third-order valence-corrected chi connectivity index (χ3v) is 4.39. The highest BCUT2D eigenvalue weighted by atomic mass is 35.5. The molecule has 8 nitrogen and oxygen atoms in total. The van der Waals surface area contributed by atoms with E-state index in [0.29, 0.717) is 22.1 Å². The summed E-state index contributed by atoms with van der Waals surface area (Å²) < 4.78 is 14.6. The molecule has 2 rings (SSSR count). The van der Waals surface area contributed by atoms with Crippen LogP contribution < -0.4 is 15.4 Å². The van der Waals surface area contributed by atoms with Crippen LogP contribution in [0.15, 0.2) is 30.3 Å². The Balaban J connectivity index is 2.16. The van der Waals surface area contributed by atoms with Crippen molar-refractivity contribution in [2.24, 2.45) is 0 Å². The first-order valence-corrected chi connectivity index (χ1v) is 8.86. The van der Waals surface area contributed by atoms with Gasteiger partial charge in [-0.05, 0) is 36.8 Å². The molecule has 0 bridgehead atoms. The fourth-order valence-corrected chi connectivity index (χ4v) is 2.66. The van der Waals surface area contributed by atoms with Gasteiger partial charge < -0.3 is 24.8 Å². The van der Waals surface area contributed by atoms with Crippen molar-refractivity contribution in [3.05, 3.63) is 52.0 Å². The Morgan fingerprint density at radius 3 is 2.03 bits per heavy atom. The first kappa shape index (κ1) is 22.0. The Morgan fingerprint density at radius 2 is 1.52 bits per heavy atom. The average Bonchev–Trinajstić information content (AvgIpc) is 2.73. The second-order valence-corrected chi connectivity index (χ2v) is 6.39. The minimum atomic E-state index is -0.621. The lowest BCUT2D eigenvalue weighted by Crippen LogP contribution is -2.22. The van der Waals surface area contributed by atoms with Crippen LogP contribution in [0, 0.1) is 6.92 Å². The van der Waals surface area contributed by atoms with Gasteiger partial charge in [0.25, 0.3) is 0 Å². The van der Waals surface area contributed by atoms with Gasteiger partial charge in [0.15, 0.2) is 0 Å². The molecular formula is C20H21ClN2O6. The highest BCUT2D eigenvalue weighted by Crippen LogP contribution is 2.30. The van der Waals surface area contributed by atoms with E-state index in [4.69, 9.17) is 16.3 Å². The van der Waals surface area contributed by atoms with Gasteiger partial charge in [-0.3, -0.25) is 4.79 Å². The van der Waals surface area contributed by atoms with Crippen LogP contribution in [-0.2, 0) is 14.3 Å². The van der Waals surface area contributed by atoms with Gasteiger partial charge in [0.05, 0.1) is 44.7 Å². The number of carbonyl (C=O) groups excluding carboxylic acids is 3. The molecule has 0 saturated carbocycles. The zero-order valence-electron chi connectivity index (χ0n) is 16.4. The van der Waals surface area contributed by atoms with Crippen LogP contribution in [0.5, 0.6) is 5.75 Å². The van der Waals surface area contributed by atoms with E-state index in [0.717, 1.165) is 5.56 Å². The molecule has 2 aromatic rings. The van der Waals surface area contributed by atoms with E-state index in [9.17, 15) is 14.4 Å². The number of esters is 2. The molecule has 9 heteroatoms. The number of hydrogen-bond donors (Lipinski definition) is 2. The van der Waals surface area contributed by atoms with Crippen molar-refractivity contribution < 1.29 is 28.6 Å². The van der Waals surface area contributed by atoms with Crippen LogP contribution in [0.4, 0.5) is 11.4 Å². The van der Waals surface area contributed by atoms with E-state index in [-0.39, 0.29) is 23.6 Å². The maximum atomic E-state index is 12.4. The third kappa shape index (κ3) is 5.61. The molecular weight excluding hydrogens is 400 g/mol. The topological polar surface area (TPSA) is 103 Å². The molecule has 0 aliphatic carbocycles. The van der Waals surface area contributed by atoms with Crippen molar-refractivity contribution in [3.8, 4) is 5.75 Å². The van der Waals surface area contributed by atoms with E-state index in [1.807, 2.05) is 6.92 Å². The lowest BCUT2D eigenvalue weighted by atomic mass is 10.1. The summed E-state index contributed by atoms with van der Waals surface area (Å²) in [7, 11) is 3.94. The van der Waals surface area contributed by atoms with Gasteiger partial charge in [-0.2, -0.15) is 0 Å². The Labute approximate surface area is 173 Å². The number of methoxy groups -OCH3 is 3. The first-order valence-electron chi connectivity index (χ1n) is 8.48. The van der Waals surface area contributed by atoms with Crippen molar-refractivity contribution in [3.63, 3.8) is 0 Å². The SMILES string of the molecule is COC(=O)c1cc(NCC(=O)Nc2cc(C)c(Cl)cc2OC)cc(C(=O)OC)c1. The van der Waals surface area contributed by atoms with Gasteiger partial charge in [-0.1, -0.05) is 11.6 Å². The smallest absolute Gasteiger partial charge is 0.337 e. The third-order valence-electron chi connectivity index (χ3n) is 3.98. The molecule has 0 radical (unpaired) electrons. The van der Waals surface area contributed by atoms with Gasteiger partial charge in [-0.25, -0.2) is 9.59 Å². The van der Waals surface area contributed by atoms with E-state index in [1.165, 1.54) is 39.5 Å². The second-order valence-electron chi connectivity index (χ2n) is 5.99. The molecule has 29 heavy (non-hydrogen) atoms. The number of aryl methyl sites for hydroxylation is 1. The van der Waals surface area contributed by atoms with Crippen molar-refractivity contribution in [2.45, 2.75) is 6.92 Å². The van der Waals surface area contributed by atoms with E-state index in [2.05, 4.69) is 20.1 Å². The van der Waals surface area contributed by atoms with E-state index < -0.39 is 11.9 Å². The number of carbonyl (C=O) groups is 3. The number of amides is 1. The fraction of sp³-hybridized carbons (Fsp3) is 0.250. The number of ether oxygens (including phenoxy) is 3. The first-order chi connectivity index (χ1) is 13.8. The highest BCUT2D eigenvalue weighted by molar-refractivity contribution is 6.31. The molecule has 2 N–H and O–H groups in total. The largest absolute Gasteiger partial charge is 0.495 e. The van der Waals surface area contributed by atoms with Crippen LogP contribution in [0.2, 0.25) is 5.02 Å². The molecule has 0 aliphatic heterocycles. The summed E-state index contributed by atoms with van der Waals surface area (Å²) >= 11 is 6.07. The quantitative estimate of drug-likeness (QED) is 0.662. The summed E-state index contributed by atoms with van der Waals surface area (Å²) in [6, 6.07) is 7.61. The minimum Gasteiger partial charge on any atom is -0.495 e. The zero-order valence-corrected chi connectivity index (χ0v) is 17.2. The van der Waals surface area contributed by atoms with E-state index in [1.54, 1.807) is 12.1 Å². The molecule has 0 aromatic heterocycles. The molecule has 0 spiro atoms. The van der Waals surface area contributed by atoms with Crippen LogP contribution in [0.3, 0.4) is 0 Å². The van der Waals surface area contributed by atoms with Crippen molar-refractivity contribution in [2.75, 3.05) is 38.5 Å². The van der Waals surface area contributed by atoms with E-state index >= 15 is 0 Å². The van der Waals surface area contributed by atoms with Crippen LogP contribution in [0.1, 0.15) is 26.3 Å². The summed E-state index contributed by atoms with van der Waals surface area (Å²) in [4.78, 5) is 36.0. The molecule has 0 heterocycles. The highest BCUT2D eigenvalue weighted by Gasteiger charge is 2.15. The van der Waals surface area contributed by atoms with Crippen molar-refractivity contribution >= 4 is 40.8 Å². The predicted octanol–water partition coefficient (Wildman–Crippen LogP) is 3.28. The Kier molecular flexibility index (Phi) is 7.44. The number of benzene rings is 2. The molecule has 0 saturated heterocycles. The number of rotatable bonds is 7. The molecule has 2 aromatic carbocycles. The van der Waals surface area contributed by atoms with Gasteiger partial charge in [0.2, 0.25) is 5.91 Å². The second kappa shape index (κ2) is 9.79. The minimum absolute atomic E-state index is 0.129. The summed E-state index contributed by atoms with van der Waals surface area (Å²) in [6.07, 6.45) is 0. The monoisotopic (exact) mass is 420 g/mol. The molecule has 1 amide bonds. The summed E-state index contributed by atoms with van der Waals surface area (Å²) in [5, 5.41) is 6.12. The summed E-state index contributed by atoms with van der Waals surface area (Å²) in [5.41, 5.74) is 1.92. The zero-order chi connectivity index (χ0) is 21.6. The maximum Gasteiger partial charge on any atom is 0.337 e. The summed E-state index contributed by atoms with van der Waals surface area (Å²) in [6.45, 7) is 1.68. The molecule has 154 valence electrons. The molecule has 0 aliphatic rings. The predicted molar refractivity (Wildman–Crippen MR) is 109 cm³/mol. The van der Waals surface area contributed by atoms with Crippen LogP contribution >= 0.6 is 11.6 Å². The molecule has 0 atom stereocenters. The Hall–Kier alpha value is -3.26. The normalized spacial score (nSPS) is 10.1. The standard InChI is InChI=1S/C20H21ClN2O6/c1-11-5-16(17(27-2)9-15(11)21)23-18(24)10-22-14-7-12(19(25)28-3)6-13(8-14)20(26)29-4/h5-9,22H,10H2,1-4H3,(H,23,24). The summed E-state index contributed by atoms with van der Waals surface area (Å²) in [5.74, 6) is -1.18. The van der Waals surface area contributed by atoms with Crippen LogP contribution in [0.25, 0.3) is 0 Å². The van der Waals surface area contributed by atoms with Crippen molar-refractivity contribution in [1.29, 1.82) is 0 Å². The lowest BCUT2D eigenvalue weighted by molar-refractivity contribution is -0.114. The number of nitrogens with one attached hydrogen (secondary N) is 2. The Bertz CT molecular complexity index is 911. The lowest BCUT2D eigenvalue weighted by Gasteiger charge is -2.13. The molecule has 0 unspecified atom stereocenters. The van der Waals surface area contributed by atoms with Gasteiger partial charge >= 0.3 is 11.9 Å². The number of halogens is 1.